The molecule has 0 aromatic rings. The number of esters is 1. The van der Waals surface area contributed by atoms with Crippen LogP contribution in [0.15, 0.2) is 0 Å². The van der Waals surface area contributed by atoms with Gasteiger partial charge in [-0.15, -0.1) is 0 Å². The molecule has 5 aliphatic rings. The van der Waals surface area contributed by atoms with Gasteiger partial charge in [0.1, 0.15) is 11.9 Å². The van der Waals surface area contributed by atoms with E-state index in [0.29, 0.717) is 23.0 Å². The van der Waals surface area contributed by atoms with Crippen molar-refractivity contribution in [3.63, 3.8) is 0 Å². The molecule has 3 heteroatoms. The molecule has 0 aromatic carbocycles. The molecule has 3 nitrogen and oxygen atoms in total. The Labute approximate surface area is 144 Å². The molecule has 0 aliphatic heterocycles. The van der Waals surface area contributed by atoms with Gasteiger partial charge in [-0.1, -0.05) is 13.8 Å². The average molecular weight is 330 g/mol. The van der Waals surface area contributed by atoms with Crippen molar-refractivity contribution in [3.8, 4) is 0 Å². The molecule has 132 valence electrons. The molecule has 24 heavy (non-hydrogen) atoms. The summed E-state index contributed by atoms with van der Waals surface area (Å²) in [4.78, 5) is 24.3. The summed E-state index contributed by atoms with van der Waals surface area (Å²) in [7, 11) is 0. The second kappa shape index (κ2) is 4.45. The molecule has 0 heterocycles. The third-order valence-electron chi connectivity index (χ3n) is 9.56. The summed E-state index contributed by atoms with van der Waals surface area (Å²) in [5, 5.41) is 0. The van der Waals surface area contributed by atoms with Crippen molar-refractivity contribution >= 4 is 11.8 Å². The summed E-state index contributed by atoms with van der Waals surface area (Å²) in [6.07, 6.45) is 9.14. The van der Waals surface area contributed by atoms with E-state index in [1.54, 1.807) is 6.92 Å². The van der Waals surface area contributed by atoms with Crippen LogP contribution < -0.4 is 0 Å². The Hall–Kier alpha value is -0.860. The fourth-order valence-corrected chi connectivity index (χ4v) is 8.40. The lowest BCUT2D eigenvalue weighted by Crippen LogP contribution is -2.57. The predicted molar refractivity (Wildman–Crippen MR) is 90.1 cm³/mol. The standard InChI is InChI=1S/C21H30O3/c1-12(22)24-18-10-14-15-4-5-17(23)19(15,2)8-7-16(14)20(3)9-6-13-11-21(13,18)20/h13-16,18H,4-11H2,1-3H3/t13-,14-,15+,16+,18-,19-,20+,21-/m1/s1. The third kappa shape index (κ3) is 1.56. The minimum atomic E-state index is -0.117. The lowest BCUT2D eigenvalue weighted by Gasteiger charge is -2.59. The molecule has 0 N–H and O–H groups in total. The van der Waals surface area contributed by atoms with Crippen LogP contribution in [0, 0.1) is 39.9 Å². The van der Waals surface area contributed by atoms with E-state index >= 15 is 0 Å². The zero-order valence-corrected chi connectivity index (χ0v) is 15.3. The second-order valence-electron chi connectivity index (χ2n) is 10.0. The van der Waals surface area contributed by atoms with E-state index in [0.717, 1.165) is 37.5 Å². The molecule has 5 fully saturated rings. The minimum Gasteiger partial charge on any atom is -0.462 e. The van der Waals surface area contributed by atoms with Crippen molar-refractivity contribution in [2.75, 3.05) is 0 Å². The first-order valence-corrected chi connectivity index (χ1v) is 10.0. The van der Waals surface area contributed by atoms with Crippen LogP contribution in [0.25, 0.3) is 0 Å². The van der Waals surface area contributed by atoms with Gasteiger partial charge in [0.25, 0.3) is 0 Å². The molecule has 0 aromatic heterocycles. The van der Waals surface area contributed by atoms with Crippen molar-refractivity contribution < 1.29 is 14.3 Å². The van der Waals surface area contributed by atoms with Gasteiger partial charge < -0.3 is 4.74 Å². The van der Waals surface area contributed by atoms with Gasteiger partial charge in [-0.05, 0) is 74.0 Å². The van der Waals surface area contributed by atoms with E-state index < -0.39 is 0 Å². The van der Waals surface area contributed by atoms with Crippen LogP contribution in [0.3, 0.4) is 0 Å². The van der Waals surface area contributed by atoms with Crippen LogP contribution in [-0.2, 0) is 14.3 Å². The number of ketones is 1. The Kier molecular flexibility index (Phi) is 2.86. The summed E-state index contributed by atoms with van der Waals surface area (Å²) in [5.41, 5.74) is 0.508. The zero-order valence-electron chi connectivity index (χ0n) is 15.3. The van der Waals surface area contributed by atoms with Crippen LogP contribution in [0.5, 0.6) is 0 Å². The smallest absolute Gasteiger partial charge is 0.302 e. The predicted octanol–water partition coefficient (Wildman–Crippen LogP) is 4.14. The van der Waals surface area contributed by atoms with Gasteiger partial charge in [-0.25, -0.2) is 0 Å². The third-order valence-corrected chi connectivity index (χ3v) is 9.56. The van der Waals surface area contributed by atoms with Crippen molar-refractivity contribution in [2.24, 2.45) is 39.9 Å². The van der Waals surface area contributed by atoms with Crippen LogP contribution in [0.1, 0.15) is 72.1 Å². The molecule has 8 atom stereocenters. The average Bonchev–Trinajstić information content (AvgIpc) is 3.08. The fourth-order valence-electron chi connectivity index (χ4n) is 8.40. The molecule has 0 unspecified atom stereocenters. The molecule has 5 saturated carbocycles. The first kappa shape index (κ1) is 15.4. The van der Waals surface area contributed by atoms with Gasteiger partial charge in [-0.3, -0.25) is 9.59 Å². The van der Waals surface area contributed by atoms with Crippen LogP contribution >= 0.6 is 0 Å². The van der Waals surface area contributed by atoms with Gasteiger partial charge in [-0.2, -0.15) is 0 Å². The number of fused-ring (bicyclic) bond motifs is 4. The molecule has 1 spiro atoms. The molecule has 0 saturated heterocycles. The van der Waals surface area contributed by atoms with Gasteiger partial charge in [0.15, 0.2) is 0 Å². The topological polar surface area (TPSA) is 43.4 Å². The molecule has 0 amide bonds. The Bertz CT molecular complexity index is 627. The van der Waals surface area contributed by atoms with E-state index in [4.69, 9.17) is 4.74 Å². The number of carbonyl (C=O) groups excluding carboxylic acids is 2. The number of ether oxygens (including phenoxy) is 1. The SMILES string of the molecule is CC(=O)O[C@@H]1C[C@@H]2[C@@H]3CCC(=O)[C@]3(C)CC[C@@H]2[C@]2(C)CC[C@@H]3C[C@@]312. The lowest BCUT2D eigenvalue weighted by molar-refractivity contribution is -0.180. The van der Waals surface area contributed by atoms with E-state index in [9.17, 15) is 9.59 Å². The number of Topliss-reactive ketones (excluding diaryl/α,β-unsaturated/α-hetero) is 1. The normalized spacial score (nSPS) is 57.6. The highest BCUT2D eigenvalue weighted by Crippen LogP contribution is 2.81. The molecule has 5 rings (SSSR count). The van der Waals surface area contributed by atoms with Gasteiger partial charge in [0.2, 0.25) is 0 Å². The Morgan fingerprint density at radius 2 is 1.92 bits per heavy atom. The maximum atomic E-state index is 12.6. The number of hydrogen-bond acceptors (Lipinski definition) is 3. The molecular formula is C21H30O3. The zero-order chi connectivity index (χ0) is 16.9. The first-order valence-electron chi connectivity index (χ1n) is 10.0. The maximum absolute atomic E-state index is 12.6. The number of carbonyl (C=O) groups is 2. The van der Waals surface area contributed by atoms with E-state index in [-0.39, 0.29) is 22.9 Å². The minimum absolute atomic E-state index is 0.0929. The highest BCUT2D eigenvalue weighted by molar-refractivity contribution is 5.87. The largest absolute Gasteiger partial charge is 0.462 e. The van der Waals surface area contributed by atoms with Crippen molar-refractivity contribution in [3.05, 3.63) is 0 Å². The van der Waals surface area contributed by atoms with Crippen LogP contribution in [0.2, 0.25) is 0 Å². The quantitative estimate of drug-likeness (QED) is 0.679. The molecular weight excluding hydrogens is 300 g/mol. The monoisotopic (exact) mass is 330 g/mol. The van der Waals surface area contributed by atoms with Crippen LogP contribution in [-0.4, -0.2) is 17.9 Å². The summed E-state index contributed by atoms with van der Waals surface area (Å²) in [6, 6.07) is 0. The number of hydrogen-bond donors (Lipinski definition) is 0. The number of rotatable bonds is 1. The summed E-state index contributed by atoms with van der Waals surface area (Å²) < 4.78 is 5.95. The Morgan fingerprint density at radius 1 is 1.12 bits per heavy atom. The van der Waals surface area contributed by atoms with Gasteiger partial charge in [0, 0.05) is 24.2 Å². The van der Waals surface area contributed by atoms with E-state index in [2.05, 4.69) is 13.8 Å². The van der Waals surface area contributed by atoms with Crippen molar-refractivity contribution in [2.45, 2.75) is 78.2 Å². The Balaban J connectivity index is 1.55. The van der Waals surface area contributed by atoms with E-state index in [1.165, 1.54) is 25.7 Å². The maximum Gasteiger partial charge on any atom is 0.302 e. The fraction of sp³-hybridized carbons (Fsp3) is 0.905. The summed E-state index contributed by atoms with van der Waals surface area (Å²) in [5.74, 6) is 3.00. The Morgan fingerprint density at radius 3 is 2.62 bits per heavy atom. The highest BCUT2D eigenvalue weighted by atomic mass is 16.5. The summed E-state index contributed by atoms with van der Waals surface area (Å²) >= 11 is 0. The first-order chi connectivity index (χ1) is 11.3. The van der Waals surface area contributed by atoms with Crippen molar-refractivity contribution in [1.29, 1.82) is 0 Å². The molecule has 0 bridgehead atoms. The molecule has 5 aliphatic carbocycles. The second-order valence-corrected chi connectivity index (χ2v) is 10.0. The lowest BCUT2D eigenvalue weighted by atomic mass is 9.46. The van der Waals surface area contributed by atoms with Gasteiger partial charge >= 0.3 is 5.97 Å². The van der Waals surface area contributed by atoms with Gasteiger partial charge in [0.05, 0.1) is 0 Å². The van der Waals surface area contributed by atoms with Crippen molar-refractivity contribution in [1.82, 2.24) is 0 Å². The van der Waals surface area contributed by atoms with Crippen LogP contribution in [0.4, 0.5) is 0 Å². The summed E-state index contributed by atoms with van der Waals surface area (Å²) in [6.45, 7) is 6.30. The highest BCUT2D eigenvalue weighted by Gasteiger charge is 2.78. The van der Waals surface area contributed by atoms with E-state index in [1.807, 2.05) is 0 Å². The molecule has 0 radical (unpaired) electrons.